The third kappa shape index (κ3) is 4.07. The Bertz CT molecular complexity index is 131. The van der Waals surface area contributed by atoms with Crippen molar-refractivity contribution in [3.63, 3.8) is 0 Å². The lowest BCUT2D eigenvalue weighted by Crippen LogP contribution is -2.46. The van der Waals surface area contributed by atoms with Gasteiger partial charge in [-0.05, 0) is 40.4 Å². The lowest BCUT2D eigenvalue weighted by atomic mass is 10.2. The average molecular weight is 186 g/mol. The van der Waals surface area contributed by atoms with Crippen LogP contribution in [0, 0.1) is 0 Å². The number of hydrogen-bond donors (Lipinski definition) is 1. The highest BCUT2D eigenvalue weighted by Crippen LogP contribution is 2.10. The molecule has 0 bridgehead atoms. The molecule has 0 spiro atoms. The van der Waals surface area contributed by atoms with Gasteiger partial charge in [0.1, 0.15) is 0 Å². The number of nitrogens with zero attached hydrogens (tertiary/aromatic N) is 1. The van der Waals surface area contributed by atoms with E-state index in [4.69, 9.17) is 4.74 Å². The summed E-state index contributed by atoms with van der Waals surface area (Å²) in [5, 5.41) is 3.17. The van der Waals surface area contributed by atoms with Gasteiger partial charge in [0, 0.05) is 13.1 Å². The zero-order valence-corrected chi connectivity index (χ0v) is 9.05. The van der Waals surface area contributed by atoms with Gasteiger partial charge in [-0.25, -0.2) is 0 Å². The van der Waals surface area contributed by atoms with Crippen LogP contribution in [0.1, 0.15) is 20.3 Å². The number of hydrogen-bond acceptors (Lipinski definition) is 3. The standard InChI is InChI=1S/C10H22N2O/c1-9-7-12(6-4-5-11-3)8-10(2)13-9/h9-11H,4-8H2,1-3H3/t9-,10+. The zero-order valence-electron chi connectivity index (χ0n) is 9.05. The first-order valence-corrected chi connectivity index (χ1v) is 5.24. The lowest BCUT2D eigenvalue weighted by molar-refractivity contribution is -0.0679. The smallest absolute Gasteiger partial charge is 0.0678 e. The Hall–Kier alpha value is -0.120. The van der Waals surface area contributed by atoms with Gasteiger partial charge < -0.3 is 10.1 Å². The predicted octanol–water partition coefficient (Wildman–Crippen LogP) is 0.705. The Balaban J connectivity index is 2.17. The Morgan fingerprint density at radius 1 is 1.31 bits per heavy atom. The molecule has 0 saturated carbocycles. The maximum atomic E-state index is 5.67. The number of nitrogens with one attached hydrogen (secondary N) is 1. The van der Waals surface area contributed by atoms with Crippen LogP contribution in [0.15, 0.2) is 0 Å². The van der Waals surface area contributed by atoms with Crippen LogP contribution in [0.25, 0.3) is 0 Å². The number of rotatable bonds is 4. The van der Waals surface area contributed by atoms with Gasteiger partial charge in [-0.15, -0.1) is 0 Å². The molecule has 1 N–H and O–H groups in total. The second kappa shape index (κ2) is 5.58. The van der Waals surface area contributed by atoms with Gasteiger partial charge in [0.05, 0.1) is 12.2 Å². The summed E-state index contributed by atoms with van der Waals surface area (Å²) in [4.78, 5) is 2.50. The Morgan fingerprint density at radius 2 is 1.92 bits per heavy atom. The van der Waals surface area contributed by atoms with E-state index in [0.29, 0.717) is 12.2 Å². The van der Waals surface area contributed by atoms with Gasteiger partial charge in [-0.3, -0.25) is 4.90 Å². The normalized spacial score (nSPS) is 30.7. The third-order valence-electron chi connectivity index (χ3n) is 2.40. The fourth-order valence-electron chi connectivity index (χ4n) is 1.95. The molecule has 1 saturated heterocycles. The van der Waals surface area contributed by atoms with E-state index >= 15 is 0 Å². The molecule has 0 radical (unpaired) electrons. The molecule has 0 aromatic heterocycles. The molecular formula is C10H22N2O. The highest BCUT2D eigenvalue weighted by Gasteiger charge is 2.21. The molecule has 2 atom stereocenters. The van der Waals surface area contributed by atoms with E-state index in [-0.39, 0.29) is 0 Å². The minimum Gasteiger partial charge on any atom is -0.373 e. The summed E-state index contributed by atoms with van der Waals surface area (Å²) in [5.41, 5.74) is 0. The summed E-state index contributed by atoms with van der Waals surface area (Å²) in [7, 11) is 2.00. The number of morpholine rings is 1. The van der Waals surface area contributed by atoms with E-state index in [1.54, 1.807) is 0 Å². The molecule has 1 heterocycles. The fraction of sp³-hybridized carbons (Fsp3) is 1.00. The molecule has 1 fully saturated rings. The van der Waals surface area contributed by atoms with E-state index in [1.807, 2.05) is 7.05 Å². The zero-order chi connectivity index (χ0) is 9.68. The fourth-order valence-corrected chi connectivity index (χ4v) is 1.95. The predicted molar refractivity (Wildman–Crippen MR) is 55.0 cm³/mol. The molecule has 78 valence electrons. The Labute approximate surface area is 81.4 Å². The molecule has 1 rings (SSSR count). The summed E-state index contributed by atoms with van der Waals surface area (Å²) in [6, 6.07) is 0. The van der Waals surface area contributed by atoms with Crippen molar-refractivity contribution >= 4 is 0 Å². The highest BCUT2D eigenvalue weighted by molar-refractivity contribution is 4.72. The van der Waals surface area contributed by atoms with E-state index in [0.717, 1.165) is 19.6 Å². The maximum Gasteiger partial charge on any atom is 0.0678 e. The van der Waals surface area contributed by atoms with E-state index in [2.05, 4.69) is 24.1 Å². The summed E-state index contributed by atoms with van der Waals surface area (Å²) in [5.74, 6) is 0. The SMILES string of the molecule is CNCCCN1C[C@@H](C)O[C@@H](C)C1. The Kier molecular flexibility index (Phi) is 4.70. The summed E-state index contributed by atoms with van der Waals surface area (Å²) < 4.78 is 5.67. The van der Waals surface area contributed by atoms with Crippen molar-refractivity contribution in [2.45, 2.75) is 32.5 Å². The molecule has 13 heavy (non-hydrogen) atoms. The lowest BCUT2D eigenvalue weighted by Gasteiger charge is -2.35. The molecule has 0 aromatic carbocycles. The molecule has 0 aromatic rings. The van der Waals surface area contributed by atoms with Crippen molar-refractivity contribution < 1.29 is 4.74 Å². The monoisotopic (exact) mass is 186 g/mol. The van der Waals surface area contributed by atoms with Crippen LogP contribution in [-0.4, -0.2) is 50.3 Å². The highest BCUT2D eigenvalue weighted by atomic mass is 16.5. The molecule has 0 unspecified atom stereocenters. The minimum atomic E-state index is 0.401. The summed E-state index contributed by atoms with van der Waals surface area (Å²) in [6.45, 7) is 8.79. The second-order valence-electron chi connectivity index (χ2n) is 3.97. The quantitative estimate of drug-likeness (QED) is 0.654. The molecule has 0 aliphatic carbocycles. The molecular weight excluding hydrogens is 164 g/mol. The van der Waals surface area contributed by atoms with Gasteiger partial charge in [0.25, 0.3) is 0 Å². The number of ether oxygens (including phenoxy) is 1. The van der Waals surface area contributed by atoms with Crippen molar-refractivity contribution in [1.82, 2.24) is 10.2 Å². The Morgan fingerprint density at radius 3 is 2.46 bits per heavy atom. The van der Waals surface area contributed by atoms with Crippen LogP contribution in [0.3, 0.4) is 0 Å². The van der Waals surface area contributed by atoms with Crippen molar-refractivity contribution in [2.24, 2.45) is 0 Å². The molecule has 3 heteroatoms. The first-order valence-electron chi connectivity index (χ1n) is 5.24. The van der Waals surface area contributed by atoms with Gasteiger partial charge >= 0.3 is 0 Å². The van der Waals surface area contributed by atoms with Crippen LogP contribution in [-0.2, 0) is 4.74 Å². The molecule has 1 aliphatic heterocycles. The van der Waals surface area contributed by atoms with E-state index in [1.165, 1.54) is 13.0 Å². The van der Waals surface area contributed by atoms with Crippen molar-refractivity contribution in [3.05, 3.63) is 0 Å². The van der Waals surface area contributed by atoms with Crippen LogP contribution in [0.4, 0.5) is 0 Å². The van der Waals surface area contributed by atoms with Crippen molar-refractivity contribution in [3.8, 4) is 0 Å². The maximum absolute atomic E-state index is 5.67. The average Bonchev–Trinajstić information content (AvgIpc) is 2.03. The molecule has 1 aliphatic rings. The van der Waals surface area contributed by atoms with Crippen LogP contribution < -0.4 is 5.32 Å². The second-order valence-corrected chi connectivity index (χ2v) is 3.97. The van der Waals surface area contributed by atoms with Gasteiger partial charge in [-0.2, -0.15) is 0 Å². The van der Waals surface area contributed by atoms with E-state index < -0.39 is 0 Å². The molecule has 3 nitrogen and oxygen atoms in total. The summed E-state index contributed by atoms with van der Waals surface area (Å²) in [6.07, 6.45) is 2.03. The van der Waals surface area contributed by atoms with Crippen molar-refractivity contribution in [1.29, 1.82) is 0 Å². The van der Waals surface area contributed by atoms with Crippen LogP contribution >= 0.6 is 0 Å². The molecule has 0 amide bonds. The first-order chi connectivity index (χ1) is 6.22. The topological polar surface area (TPSA) is 24.5 Å². The van der Waals surface area contributed by atoms with Gasteiger partial charge in [-0.1, -0.05) is 0 Å². The summed E-state index contributed by atoms with van der Waals surface area (Å²) >= 11 is 0. The van der Waals surface area contributed by atoms with Gasteiger partial charge in [0.2, 0.25) is 0 Å². The van der Waals surface area contributed by atoms with E-state index in [9.17, 15) is 0 Å². The third-order valence-corrected chi connectivity index (χ3v) is 2.40. The first kappa shape index (κ1) is 11.0. The minimum absolute atomic E-state index is 0.401. The van der Waals surface area contributed by atoms with Crippen LogP contribution in [0.5, 0.6) is 0 Å². The van der Waals surface area contributed by atoms with Gasteiger partial charge in [0.15, 0.2) is 0 Å². The largest absolute Gasteiger partial charge is 0.373 e. The van der Waals surface area contributed by atoms with Crippen LogP contribution in [0.2, 0.25) is 0 Å². The van der Waals surface area contributed by atoms with Crippen molar-refractivity contribution in [2.75, 3.05) is 33.2 Å².